The van der Waals surface area contributed by atoms with Gasteiger partial charge in [0.25, 0.3) is 0 Å². The first kappa shape index (κ1) is 22.0. The third kappa shape index (κ3) is 4.24. The molecule has 9 heteroatoms. The van der Waals surface area contributed by atoms with Crippen molar-refractivity contribution in [1.82, 2.24) is 4.90 Å². The number of anilines is 1. The van der Waals surface area contributed by atoms with Crippen LogP contribution in [0.3, 0.4) is 0 Å². The molecule has 2 atom stereocenters. The molecule has 6 nitrogen and oxygen atoms in total. The number of carbonyl (C=O) groups is 2. The largest absolute Gasteiger partial charge is 0.465 e. The molecule has 0 bridgehead atoms. The van der Waals surface area contributed by atoms with E-state index in [-0.39, 0.29) is 30.1 Å². The molecule has 170 valence electrons. The molecular formula is C23H23F3N2O4. The predicted octanol–water partition coefficient (Wildman–Crippen LogP) is 5.68. The van der Waals surface area contributed by atoms with Crippen LogP contribution in [0.4, 0.5) is 28.4 Å². The molecule has 1 heterocycles. The second-order valence-electron chi connectivity index (χ2n) is 8.16. The molecule has 1 aliphatic heterocycles. The summed E-state index contributed by atoms with van der Waals surface area (Å²) in [6, 6.07) is 10.9. The second-order valence-corrected chi connectivity index (χ2v) is 8.16. The molecular weight excluding hydrogens is 425 g/mol. The number of hydrogen-bond donors (Lipinski definition) is 1. The standard InChI is InChI=1S/C23H23F3N2O4/c1-32-22(31)27(13-14-5-3-2-4-6-14)20-12-19(15-7-8-15)28(21(29)30)18-10-9-16(11-17(18)20)23(24,25)26/h2-6,9-11,15,19-20H,7-8,12-13H2,1H3,(H,29,30)/t19-,20-/m1/s1. The van der Waals surface area contributed by atoms with Gasteiger partial charge in [-0.2, -0.15) is 13.2 Å². The lowest BCUT2D eigenvalue weighted by atomic mass is 9.86. The fraction of sp³-hybridized carbons (Fsp3) is 0.391. The van der Waals surface area contributed by atoms with E-state index in [1.54, 1.807) is 12.1 Å². The Morgan fingerprint density at radius 2 is 1.84 bits per heavy atom. The highest BCUT2D eigenvalue weighted by Gasteiger charge is 2.47. The van der Waals surface area contributed by atoms with Crippen molar-refractivity contribution in [1.29, 1.82) is 0 Å². The van der Waals surface area contributed by atoms with Gasteiger partial charge in [-0.1, -0.05) is 30.3 Å². The van der Waals surface area contributed by atoms with Crippen LogP contribution in [-0.2, 0) is 17.5 Å². The number of carbonyl (C=O) groups excluding carboxylic acids is 1. The maximum absolute atomic E-state index is 13.5. The summed E-state index contributed by atoms with van der Waals surface area (Å²) in [4.78, 5) is 27.4. The summed E-state index contributed by atoms with van der Waals surface area (Å²) in [5.41, 5.74) is 0.233. The fourth-order valence-corrected chi connectivity index (χ4v) is 4.48. The molecule has 0 aromatic heterocycles. The summed E-state index contributed by atoms with van der Waals surface area (Å²) in [6.45, 7) is 0.123. The summed E-state index contributed by atoms with van der Waals surface area (Å²) in [7, 11) is 1.22. The van der Waals surface area contributed by atoms with Crippen LogP contribution in [0.2, 0.25) is 0 Å². The fourth-order valence-electron chi connectivity index (χ4n) is 4.48. The number of benzene rings is 2. The van der Waals surface area contributed by atoms with Crippen LogP contribution in [0.25, 0.3) is 0 Å². The highest BCUT2D eigenvalue weighted by atomic mass is 19.4. The van der Waals surface area contributed by atoms with Gasteiger partial charge >= 0.3 is 18.4 Å². The number of alkyl halides is 3. The lowest BCUT2D eigenvalue weighted by Crippen LogP contribution is -2.49. The number of methoxy groups -OCH3 is 1. The summed E-state index contributed by atoms with van der Waals surface area (Å²) in [5, 5.41) is 9.88. The first-order valence-electron chi connectivity index (χ1n) is 10.3. The number of ether oxygens (including phenoxy) is 1. The predicted molar refractivity (Wildman–Crippen MR) is 110 cm³/mol. The van der Waals surface area contributed by atoms with Crippen molar-refractivity contribution >= 4 is 17.9 Å². The van der Waals surface area contributed by atoms with Gasteiger partial charge < -0.3 is 9.84 Å². The summed E-state index contributed by atoms with van der Waals surface area (Å²) in [6.07, 6.45) is -4.61. The minimum atomic E-state index is -4.60. The number of halogens is 3. The van der Waals surface area contributed by atoms with Crippen molar-refractivity contribution in [3.05, 3.63) is 65.2 Å². The zero-order valence-corrected chi connectivity index (χ0v) is 17.4. The Morgan fingerprint density at radius 1 is 1.16 bits per heavy atom. The van der Waals surface area contributed by atoms with E-state index in [4.69, 9.17) is 4.74 Å². The van der Waals surface area contributed by atoms with Crippen LogP contribution in [0.1, 0.15) is 42.0 Å². The van der Waals surface area contributed by atoms with Crippen molar-refractivity contribution in [3.63, 3.8) is 0 Å². The van der Waals surface area contributed by atoms with Gasteiger partial charge in [-0.15, -0.1) is 0 Å². The van der Waals surface area contributed by atoms with Gasteiger partial charge in [0.2, 0.25) is 0 Å². The molecule has 0 radical (unpaired) electrons. The SMILES string of the molecule is COC(=O)N(Cc1ccccc1)[C@@H]1C[C@H](C2CC2)N(C(=O)O)c2ccc(C(F)(F)F)cc21. The van der Waals surface area contributed by atoms with Crippen LogP contribution in [0.15, 0.2) is 48.5 Å². The first-order chi connectivity index (χ1) is 15.2. The van der Waals surface area contributed by atoms with Gasteiger partial charge in [0.1, 0.15) is 0 Å². The molecule has 0 spiro atoms. The Balaban J connectivity index is 1.84. The minimum Gasteiger partial charge on any atom is -0.465 e. The van der Waals surface area contributed by atoms with Crippen molar-refractivity contribution in [3.8, 4) is 0 Å². The molecule has 1 fully saturated rings. The van der Waals surface area contributed by atoms with E-state index in [2.05, 4.69) is 0 Å². The van der Waals surface area contributed by atoms with Crippen LogP contribution < -0.4 is 4.90 Å². The quantitative estimate of drug-likeness (QED) is 0.653. The maximum Gasteiger partial charge on any atom is 0.416 e. The molecule has 2 aromatic carbocycles. The van der Waals surface area contributed by atoms with Gasteiger partial charge in [0, 0.05) is 12.6 Å². The number of hydrogen-bond acceptors (Lipinski definition) is 3. The minimum absolute atomic E-state index is 0.111. The lowest BCUT2D eigenvalue weighted by Gasteiger charge is -2.43. The lowest BCUT2D eigenvalue weighted by molar-refractivity contribution is -0.137. The molecule has 1 aliphatic carbocycles. The maximum atomic E-state index is 13.5. The monoisotopic (exact) mass is 448 g/mol. The Bertz CT molecular complexity index is 1010. The summed E-state index contributed by atoms with van der Waals surface area (Å²) in [5.74, 6) is 0.111. The highest BCUT2D eigenvalue weighted by molar-refractivity contribution is 5.89. The van der Waals surface area contributed by atoms with Crippen molar-refractivity contribution in [2.24, 2.45) is 5.92 Å². The molecule has 4 rings (SSSR count). The van der Waals surface area contributed by atoms with Gasteiger partial charge in [0.05, 0.1) is 24.4 Å². The molecule has 1 N–H and O–H groups in total. The van der Waals surface area contributed by atoms with Crippen LogP contribution in [0.5, 0.6) is 0 Å². The smallest absolute Gasteiger partial charge is 0.416 e. The average molecular weight is 448 g/mol. The molecule has 1 saturated carbocycles. The van der Waals surface area contributed by atoms with E-state index in [0.29, 0.717) is 0 Å². The van der Waals surface area contributed by atoms with E-state index in [9.17, 15) is 27.9 Å². The number of carboxylic acid groups (broad SMARTS) is 1. The van der Waals surface area contributed by atoms with Crippen molar-refractivity contribution in [2.75, 3.05) is 12.0 Å². The molecule has 0 unspecified atom stereocenters. The Hall–Kier alpha value is -3.23. The molecule has 32 heavy (non-hydrogen) atoms. The van der Waals surface area contributed by atoms with Crippen LogP contribution in [0, 0.1) is 5.92 Å². The van der Waals surface area contributed by atoms with Gasteiger partial charge in [0.15, 0.2) is 0 Å². The van der Waals surface area contributed by atoms with Gasteiger partial charge in [-0.3, -0.25) is 9.80 Å². The zero-order chi connectivity index (χ0) is 23.0. The van der Waals surface area contributed by atoms with E-state index >= 15 is 0 Å². The van der Waals surface area contributed by atoms with Crippen LogP contribution in [-0.4, -0.2) is 35.3 Å². The molecule has 2 aliphatic rings. The van der Waals surface area contributed by atoms with Gasteiger partial charge in [-0.05, 0) is 54.5 Å². The number of nitrogens with zero attached hydrogens (tertiary/aromatic N) is 2. The third-order valence-electron chi connectivity index (χ3n) is 6.12. The van der Waals surface area contributed by atoms with E-state index in [1.807, 2.05) is 18.2 Å². The van der Waals surface area contributed by atoms with Crippen molar-refractivity contribution in [2.45, 2.75) is 44.1 Å². The van der Waals surface area contributed by atoms with Crippen molar-refractivity contribution < 1.29 is 32.6 Å². The molecule has 2 amide bonds. The van der Waals surface area contributed by atoms with E-state index < -0.39 is 36.0 Å². The highest BCUT2D eigenvalue weighted by Crippen LogP contribution is 2.49. The summed E-state index contributed by atoms with van der Waals surface area (Å²) < 4.78 is 45.5. The second kappa shape index (κ2) is 8.37. The summed E-state index contributed by atoms with van der Waals surface area (Å²) >= 11 is 0. The number of amides is 2. The average Bonchev–Trinajstić information content (AvgIpc) is 3.61. The third-order valence-corrected chi connectivity index (χ3v) is 6.12. The van der Waals surface area contributed by atoms with Gasteiger partial charge in [-0.25, -0.2) is 9.59 Å². The Morgan fingerprint density at radius 3 is 2.41 bits per heavy atom. The zero-order valence-electron chi connectivity index (χ0n) is 17.4. The number of fused-ring (bicyclic) bond motifs is 1. The molecule has 2 aromatic rings. The number of rotatable bonds is 4. The topological polar surface area (TPSA) is 70.1 Å². The Kier molecular flexibility index (Phi) is 5.75. The van der Waals surface area contributed by atoms with Crippen LogP contribution >= 0.6 is 0 Å². The molecule has 0 saturated heterocycles. The first-order valence-corrected chi connectivity index (χ1v) is 10.3. The van der Waals surface area contributed by atoms with E-state index in [0.717, 1.165) is 30.5 Å². The normalized spacial score (nSPS) is 20.4. The Labute approximate surface area is 183 Å². The van der Waals surface area contributed by atoms with E-state index in [1.165, 1.54) is 23.0 Å².